The van der Waals surface area contributed by atoms with Crippen LogP contribution in [0.25, 0.3) is 31.0 Å². The fourth-order valence-corrected chi connectivity index (χ4v) is 15.1. The Hall–Kier alpha value is -4.30. The second-order valence-electron chi connectivity index (χ2n) is 15.1. The molecule has 3 aromatic heterocycles. The van der Waals surface area contributed by atoms with E-state index in [9.17, 15) is 19.2 Å². The van der Waals surface area contributed by atoms with Gasteiger partial charge in [0.15, 0.2) is 23.1 Å². The number of carbonyl (C=O) groups is 4. The van der Waals surface area contributed by atoms with E-state index in [0.717, 1.165) is 62.5 Å². The van der Waals surface area contributed by atoms with Gasteiger partial charge in [-0.2, -0.15) is 0 Å². The molecule has 0 radical (unpaired) electrons. The Bertz CT molecular complexity index is 2360. The number of hydrogen-bond donors (Lipinski definition) is 0. The van der Waals surface area contributed by atoms with Crippen molar-refractivity contribution in [1.82, 2.24) is 0 Å². The fourth-order valence-electron chi connectivity index (χ4n) is 10.3. The monoisotopic (exact) mass is 720 g/mol. The van der Waals surface area contributed by atoms with Crippen molar-refractivity contribution in [2.75, 3.05) is 0 Å². The van der Waals surface area contributed by atoms with Crippen molar-refractivity contribution in [2.24, 2.45) is 0 Å². The van der Waals surface area contributed by atoms with E-state index in [1.165, 1.54) is 52.5 Å². The number of benzene rings is 2. The first-order valence-electron chi connectivity index (χ1n) is 18.2. The van der Waals surface area contributed by atoms with Gasteiger partial charge in [0.1, 0.15) is 0 Å². The predicted molar refractivity (Wildman–Crippen MR) is 207 cm³/mol. The van der Waals surface area contributed by atoms with Crippen molar-refractivity contribution < 1.29 is 19.2 Å². The van der Waals surface area contributed by atoms with Gasteiger partial charge >= 0.3 is 0 Å². The van der Waals surface area contributed by atoms with Gasteiger partial charge in [0.25, 0.3) is 0 Å². The van der Waals surface area contributed by atoms with E-state index in [1.807, 2.05) is 70.4 Å². The van der Waals surface area contributed by atoms with Crippen LogP contribution in [0.3, 0.4) is 0 Å². The van der Waals surface area contributed by atoms with Crippen LogP contribution in [-0.4, -0.2) is 23.1 Å². The zero-order valence-electron chi connectivity index (χ0n) is 27.9. The number of hydrogen-bond acceptors (Lipinski definition) is 7. The highest BCUT2D eigenvalue weighted by Crippen LogP contribution is 2.63. The van der Waals surface area contributed by atoms with Crippen LogP contribution in [0.15, 0.2) is 83.0 Å². The molecular formula is C44H32O4S3. The van der Waals surface area contributed by atoms with Crippen LogP contribution in [0.2, 0.25) is 0 Å². The molecule has 0 amide bonds. The molecule has 2 aromatic carbocycles. The van der Waals surface area contributed by atoms with Crippen LogP contribution in [-0.2, 0) is 10.8 Å². The fraction of sp³-hybridized carbons (Fsp3) is 0.273. The second kappa shape index (κ2) is 10.6. The summed E-state index contributed by atoms with van der Waals surface area (Å²) in [6.45, 7) is 0. The lowest BCUT2D eigenvalue weighted by atomic mass is 9.67. The summed E-state index contributed by atoms with van der Waals surface area (Å²) in [5.74, 6) is -0.626. The van der Waals surface area contributed by atoms with Crippen molar-refractivity contribution in [2.45, 2.75) is 75.0 Å². The van der Waals surface area contributed by atoms with E-state index >= 15 is 0 Å². The van der Waals surface area contributed by atoms with Gasteiger partial charge in [0, 0.05) is 42.8 Å². The molecule has 7 heteroatoms. The molecule has 6 aliphatic rings. The molecule has 51 heavy (non-hydrogen) atoms. The Balaban J connectivity index is 1.05. The van der Waals surface area contributed by atoms with E-state index < -0.39 is 0 Å². The van der Waals surface area contributed by atoms with Gasteiger partial charge in [-0.1, -0.05) is 87.1 Å². The maximum atomic E-state index is 13.5. The molecule has 0 saturated heterocycles. The van der Waals surface area contributed by atoms with Crippen LogP contribution in [0.1, 0.15) is 127 Å². The summed E-state index contributed by atoms with van der Waals surface area (Å²) < 4.78 is 5.46. The largest absolute Gasteiger partial charge is 0.288 e. The third-order valence-corrected chi connectivity index (χ3v) is 16.6. The van der Waals surface area contributed by atoms with E-state index in [1.54, 1.807) is 24.3 Å². The van der Waals surface area contributed by atoms with Crippen LogP contribution >= 0.6 is 34.0 Å². The second-order valence-corrected chi connectivity index (χ2v) is 18.2. The number of Topliss-reactive ketones (excluding diaryl/α,β-unsaturated/α-hetero) is 4. The van der Waals surface area contributed by atoms with Gasteiger partial charge in [-0.3, -0.25) is 19.2 Å². The Morgan fingerprint density at radius 3 is 1.16 bits per heavy atom. The van der Waals surface area contributed by atoms with Gasteiger partial charge in [-0.25, -0.2) is 0 Å². The highest BCUT2D eigenvalue weighted by molar-refractivity contribution is 7.39. The quantitative estimate of drug-likeness (QED) is 0.134. The molecule has 0 bridgehead atoms. The van der Waals surface area contributed by atoms with Crippen molar-refractivity contribution in [3.05, 3.63) is 126 Å². The van der Waals surface area contributed by atoms with Crippen LogP contribution in [0, 0.1) is 0 Å². The molecule has 250 valence electrons. The van der Waals surface area contributed by atoms with Crippen LogP contribution in [0.5, 0.6) is 0 Å². The lowest BCUT2D eigenvalue weighted by Gasteiger charge is -2.37. The molecule has 6 aliphatic carbocycles. The van der Waals surface area contributed by atoms with E-state index in [-0.39, 0.29) is 34.0 Å². The third-order valence-electron chi connectivity index (χ3n) is 12.7. The minimum atomic E-state index is -0.196. The minimum Gasteiger partial charge on any atom is -0.288 e. The first-order chi connectivity index (χ1) is 24.9. The smallest absolute Gasteiger partial charge is 0.197 e. The highest BCUT2D eigenvalue weighted by Gasteiger charge is 2.49. The zero-order valence-corrected chi connectivity index (χ0v) is 30.3. The number of allylic oxidation sites excluding steroid dienone is 6. The SMILES string of the molecule is O=C1C(=CC2=Cc3sc4c(sc5c6c(sc54)C=C(C=C4C(=O)c5ccccc5C4=O)C64CCCCC4)c3C23CCCCC3)C(=O)c2ccccc21. The lowest BCUT2D eigenvalue weighted by molar-refractivity contribution is 0.0973. The standard InChI is InChI=1S/C44H32O4S3/c45-35-25-11-3-4-12-26(25)36(46)29(35)19-23-21-31-33(43(23)15-7-1-8-16-43)39-41(49-31)42-40(51-39)34-32(50-42)22-24(44(34)17-9-2-10-18-44)20-30-37(47)27-13-5-6-14-28(27)38(30)48/h3-6,11-14,19-22H,1-2,7-10,15-18H2. The molecule has 3 heterocycles. The summed E-state index contributed by atoms with van der Waals surface area (Å²) in [6, 6.07) is 14.4. The Labute approximate surface area is 306 Å². The third kappa shape index (κ3) is 3.89. The molecule has 0 unspecified atom stereocenters. The molecular weight excluding hydrogens is 689 g/mol. The number of rotatable bonds is 2. The normalized spacial score (nSPS) is 21.2. The first-order valence-corrected chi connectivity index (χ1v) is 20.6. The summed E-state index contributed by atoms with van der Waals surface area (Å²) in [5, 5.41) is 0. The maximum absolute atomic E-state index is 13.5. The molecule has 2 fully saturated rings. The first kappa shape index (κ1) is 30.3. The molecule has 5 aromatic rings. The van der Waals surface area contributed by atoms with Crippen molar-refractivity contribution in [3.8, 4) is 0 Å². The Morgan fingerprint density at radius 1 is 0.451 bits per heavy atom. The summed E-state index contributed by atoms with van der Waals surface area (Å²) in [4.78, 5) is 56.6. The van der Waals surface area contributed by atoms with Gasteiger partial charge in [0.2, 0.25) is 0 Å². The van der Waals surface area contributed by atoms with Crippen LogP contribution < -0.4 is 0 Å². The highest BCUT2D eigenvalue weighted by atomic mass is 32.1. The average Bonchev–Trinajstić information content (AvgIpc) is 3.99. The number of thiophene rings is 3. The van der Waals surface area contributed by atoms with Crippen molar-refractivity contribution >= 4 is 88.1 Å². The number of fused-ring (bicyclic) bond motifs is 11. The zero-order chi connectivity index (χ0) is 34.2. The summed E-state index contributed by atoms with van der Waals surface area (Å²) in [6.07, 6.45) is 19.5. The van der Waals surface area contributed by atoms with E-state index in [4.69, 9.17) is 0 Å². The molecule has 0 N–H and O–H groups in total. The van der Waals surface area contributed by atoms with Crippen LogP contribution in [0.4, 0.5) is 0 Å². The van der Waals surface area contributed by atoms with Gasteiger partial charge in [0.05, 0.1) is 29.9 Å². The molecule has 0 atom stereocenters. The lowest BCUT2D eigenvalue weighted by Crippen LogP contribution is -2.29. The van der Waals surface area contributed by atoms with Crippen molar-refractivity contribution in [1.29, 1.82) is 0 Å². The Kier molecular flexibility index (Phi) is 6.32. The van der Waals surface area contributed by atoms with Gasteiger partial charge in [-0.15, -0.1) is 34.0 Å². The molecule has 11 rings (SSSR count). The summed E-state index contributed by atoms with van der Waals surface area (Å²) >= 11 is 5.69. The minimum absolute atomic E-state index is 0.156. The predicted octanol–water partition coefficient (Wildman–Crippen LogP) is 11.4. The Morgan fingerprint density at radius 2 is 0.804 bits per heavy atom. The summed E-state index contributed by atoms with van der Waals surface area (Å²) in [5.41, 5.74) is 7.36. The number of carbonyl (C=O) groups excluding carboxylic acids is 4. The molecule has 4 nitrogen and oxygen atoms in total. The number of ketones is 4. The maximum Gasteiger partial charge on any atom is 0.197 e. The van der Waals surface area contributed by atoms with E-state index in [0.29, 0.717) is 33.4 Å². The van der Waals surface area contributed by atoms with Crippen molar-refractivity contribution in [3.63, 3.8) is 0 Å². The van der Waals surface area contributed by atoms with Gasteiger partial charge < -0.3 is 0 Å². The molecule has 2 saturated carbocycles. The molecule has 0 aliphatic heterocycles. The van der Waals surface area contributed by atoms with E-state index in [2.05, 4.69) is 12.2 Å². The average molecular weight is 721 g/mol. The van der Waals surface area contributed by atoms with Gasteiger partial charge in [-0.05, 0) is 72.3 Å². The molecule has 2 spiro atoms. The topological polar surface area (TPSA) is 68.3 Å². The summed E-state index contributed by atoms with van der Waals surface area (Å²) in [7, 11) is 0.